The van der Waals surface area contributed by atoms with Crippen molar-refractivity contribution < 1.29 is 9.53 Å². The van der Waals surface area contributed by atoms with Crippen molar-refractivity contribution >= 4 is 22.8 Å². The smallest absolute Gasteiger partial charge is 0.328 e. The summed E-state index contributed by atoms with van der Waals surface area (Å²) in [6, 6.07) is 1.41. The van der Waals surface area contributed by atoms with Gasteiger partial charge in [-0.2, -0.15) is 0 Å². The van der Waals surface area contributed by atoms with E-state index < -0.39 is 6.04 Å². The van der Waals surface area contributed by atoms with Crippen LogP contribution in [0.25, 0.3) is 11.0 Å². The Balaban J connectivity index is 2.33. The van der Waals surface area contributed by atoms with Gasteiger partial charge in [-0.3, -0.25) is 0 Å². The molecule has 0 bridgehead atoms. The number of esters is 1. The van der Waals surface area contributed by atoms with Crippen molar-refractivity contribution in [3.05, 3.63) is 18.6 Å². The van der Waals surface area contributed by atoms with Crippen molar-refractivity contribution in [2.45, 2.75) is 13.0 Å². The molecule has 0 aliphatic carbocycles. The zero-order valence-corrected chi connectivity index (χ0v) is 9.97. The number of ether oxygens (including phenoxy) is 1. The molecule has 2 rings (SSSR count). The highest BCUT2D eigenvalue weighted by atomic mass is 16.5. The van der Waals surface area contributed by atoms with E-state index in [1.807, 2.05) is 17.7 Å². The second kappa shape index (κ2) is 4.40. The normalized spacial score (nSPS) is 12.4. The molecule has 2 aromatic rings. The van der Waals surface area contributed by atoms with E-state index in [4.69, 9.17) is 0 Å². The van der Waals surface area contributed by atoms with Gasteiger partial charge >= 0.3 is 5.97 Å². The second-order valence-corrected chi connectivity index (χ2v) is 3.77. The molecule has 0 saturated heterocycles. The van der Waals surface area contributed by atoms with Crippen LogP contribution < -0.4 is 5.32 Å². The molecule has 2 heterocycles. The van der Waals surface area contributed by atoms with Crippen LogP contribution in [0.4, 0.5) is 5.82 Å². The summed E-state index contributed by atoms with van der Waals surface area (Å²) in [5.74, 6) is 0.251. The molecule has 6 nitrogen and oxygen atoms in total. The third kappa shape index (κ3) is 2.06. The Morgan fingerprint density at radius 1 is 1.53 bits per heavy atom. The molecule has 0 aliphatic rings. The molecule has 0 spiro atoms. The number of nitrogens with zero attached hydrogens (tertiary/aromatic N) is 3. The Kier molecular flexibility index (Phi) is 2.95. The largest absolute Gasteiger partial charge is 0.467 e. The maximum Gasteiger partial charge on any atom is 0.328 e. The summed E-state index contributed by atoms with van der Waals surface area (Å²) < 4.78 is 6.54. The Morgan fingerprint density at radius 2 is 2.29 bits per heavy atom. The Bertz CT molecular complexity index is 549. The number of imidazole rings is 1. The molecule has 2 aromatic heterocycles. The number of fused-ring (bicyclic) bond motifs is 1. The van der Waals surface area contributed by atoms with E-state index in [0.29, 0.717) is 5.82 Å². The fraction of sp³-hybridized carbons (Fsp3) is 0.364. The van der Waals surface area contributed by atoms with Gasteiger partial charge in [0, 0.05) is 13.2 Å². The number of hydrogen-bond donors (Lipinski definition) is 1. The van der Waals surface area contributed by atoms with Crippen molar-refractivity contribution in [2.24, 2.45) is 7.05 Å². The van der Waals surface area contributed by atoms with Gasteiger partial charge in [-0.15, -0.1) is 0 Å². The Hall–Kier alpha value is -2.11. The molecule has 0 amide bonds. The standard InChI is InChI=1S/C11H14N4O2/c1-7(11(16)17-3)14-10-9-8(4-5-12-10)15(2)6-13-9/h4-7H,1-3H3,(H,12,14). The van der Waals surface area contributed by atoms with Crippen molar-refractivity contribution in [1.82, 2.24) is 14.5 Å². The van der Waals surface area contributed by atoms with Gasteiger partial charge in [-0.1, -0.05) is 0 Å². The van der Waals surface area contributed by atoms with Crippen molar-refractivity contribution in [3.8, 4) is 0 Å². The van der Waals surface area contributed by atoms with E-state index in [2.05, 4.69) is 20.0 Å². The second-order valence-electron chi connectivity index (χ2n) is 3.77. The van der Waals surface area contributed by atoms with E-state index in [1.54, 1.807) is 19.4 Å². The van der Waals surface area contributed by atoms with Gasteiger partial charge in [0.05, 0.1) is 19.0 Å². The molecule has 6 heteroatoms. The molecule has 1 N–H and O–H groups in total. The SMILES string of the molecule is COC(=O)C(C)Nc1nccc2c1ncn2C. The lowest BCUT2D eigenvalue weighted by atomic mass is 10.3. The minimum absolute atomic E-state index is 0.334. The summed E-state index contributed by atoms with van der Waals surface area (Å²) in [5, 5.41) is 2.99. The number of nitrogens with one attached hydrogen (secondary N) is 1. The number of methoxy groups -OCH3 is 1. The van der Waals surface area contributed by atoms with Crippen molar-refractivity contribution in [1.29, 1.82) is 0 Å². The van der Waals surface area contributed by atoms with Crippen LogP contribution in [-0.2, 0) is 16.6 Å². The summed E-state index contributed by atoms with van der Waals surface area (Å²) in [5.41, 5.74) is 1.70. The fourth-order valence-corrected chi connectivity index (χ4v) is 1.61. The lowest BCUT2D eigenvalue weighted by Gasteiger charge is -2.12. The van der Waals surface area contributed by atoms with E-state index in [1.165, 1.54) is 7.11 Å². The molecule has 90 valence electrons. The van der Waals surface area contributed by atoms with Crippen LogP contribution >= 0.6 is 0 Å². The highest BCUT2D eigenvalue weighted by Gasteiger charge is 2.15. The first-order valence-corrected chi connectivity index (χ1v) is 5.24. The summed E-state index contributed by atoms with van der Waals surface area (Å²) in [6.45, 7) is 1.72. The minimum Gasteiger partial charge on any atom is -0.467 e. The highest BCUT2D eigenvalue weighted by molar-refractivity contribution is 5.88. The first kappa shape index (κ1) is 11.4. The van der Waals surface area contributed by atoms with Crippen LogP contribution in [-0.4, -0.2) is 33.7 Å². The van der Waals surface area contributed by atoms with Crippen LogP contribution in [0.5, 0.6) is 0 Å². The van der Waals surface area contributed by atoms with Crippen LogP contribution in [0.3, 0.4) is 0 Å². The molecule has 0 radical (unpaired) electrons. The summed E-state index contributed by atoms with van der Waals surface area (Å²) in [4.78, 5) is 19.7. The van der Waals surface area contributed by atoms with E-state index in [9.17, 15) is 4.79 Å². The quantitative estimate of drug-likeness (QED) is 0.800. The molecule has 1 atom stereocenters. The monoisotopic (exact) mass is 234 g/mol. The summed E-state index contributed by atoms with van der Waals surface area (Å²) in [7, 11) is 3.26. The van der Waals surface area contributed by atoms with E-state index in [-0.39, 0.29) is 5.97 Å². The van der Waals surface area contributed by atoms with Crippen molar-refractivity contribution in [2.75, 3.05) is 12.4 Å². The van der Waals surface area contributed by atoms with Gasteiger partial charge in [0.2, 0.25) is 0 Å². The number of hydrogen-bond acceptors (Lipinski definition) is 5. The number of aromatic nitrogens is 3. The first-order valence-electron chi connectivity index (χ1n) is 5.24. The van der Waals surface area contributed by atoms with E-state index >= 15 is 0 Å². The predicted octanol–water partition coefficient (Wildman–Crippen LogP) is 0.942. The summed E-state index contributed by atoms with van der Waals surface area (Å²) >= 11 is 0. The average molecular weight is 234 g/mol. The number of aryl methyl sites for hydroxylation is 1. The van der Waals surface area contributed by atoms with Crippen LogP contribution in [0, 0.1) is 0 Å². The minimum atomic E-state index is -0.458. The zero-order chi connectivity index (χ0) is 12.4. The van der Waals surface area contributed by atoms with Gasteiger partial charge < -0.3 is 14.6 Å². The topological polar surface area (TPSA) is 69.0 Å². The van der Waals surface area contributed by atoms with Gasteiger partial charge in [-0.25, -0.2) is 14.8 Å². The maximum absolute atomic E-state index is 11.3. The number of carbonyl (C=O) groups excluding carboxylic acids is 1. The number of anilines is 1. The van der Waals surface area contributed by atoms with E-state index in [0.717, 1.165) is 11.0 Å². The molecule has 17 heavy (non-hydrogen) atoms. The Morgan fingerprint density at radius 3 is 3.00 bits per heavy atom. The van der Waals surface area contributed by atoms with Crippen LogP contribution in [0.1, 0.15) is 6.92 Å². The highest BCUT2D eigenvalue weighted by Crippen LogP contribution is 2.19. The maximum atomic E-state index is 11.3. The van der Waals surface area contributed by atoms with Crippen molar-refractivity contribution in [3.63, 3.8) is 0 Å². The van der Waals surface area contributed by atoms with Crippen LogP contribution in [0.15, 0.2) is 18.6 Å². The number of pyridine rings is 1. The molecular weight excluding hydrogens is 220 g/mol. The average Bonchev–Trinajstić information content (AvgIpc) is 2.71. The first-order chi connectivity index (χ1) is 8.13. The molecule has 0 saturated carbocycles. The molecule has 0 aliphatic heterocycles. The third-order valence-corrected chi connectivity index (χ3v) is 2.55. The van der Waals surface area contributed by atoms with Crippen LogP contribution in [0.2, 0.25) is 0 Å². The van der Waals surface area contributed by atoms with Gasteiger partial charge in [0.1, 0.15) is 11.6 Å². The van der Waals surface area contributed by atoms with Gasteiger partial charge in [-0.05, 0) is 13.0 Å². The predicted molar refractivity (Wildman–Crippen MR) is 63.6 cm³/mol. The van der Waals surface area contributed by atoms with Gasteiger partial charge in [0.15, 0.2) is 5.82 Å². The molecule has 0 fully saturated rings. The summed E-state index contributed by atoms with van der Waals surface area (Å²) in [6.07, 6.45) is 3.39. The molecule has 1 unspecified atom stereocenters. The fourth-order valence-electron chi connectivity index (χ4n) is 1.61. The third-order valence-electron chi connectivity index (χ3n) is 2.55. The molecular formula is C11H14N4O2. The Labute approximate surface area is 98.6 Å². The molecule has 0 aromatic carbocycles. The zero-order valence-electron chi connectivity index (χ0n) is 9.97. The number of carbonyl (C=O) groups is 1. The van der Waals surface area contributed by atoms with Gasteiger partial charge in [0.25, 0.3) is 0 Å². The lowest BCUT2D eigenvalue weighted by Crippen LogP contribution is -2.27. The lowest BCUT2D eigenvalue weighted by molar-refractivity contribution is -0.141. The number of rotatable bonds is 3.